The largest absolute Gasteiger partial charge is 0.348 e. The van der Waals surface area contributed by atoms with Crippen molar-refractivity contribution in [1.29, 1.82) is 0 Å². The van der Waals surface area contributed by atoms with E-state index in [1.807, 2.05) is 11.8 Å². The van der Waals surface area contributed by atoms with Crippen molar-refractivity contribution in [3.8, 4) is 0 Å². The van der Waals surface area contributed by atoms with Gasteiger partial charge in [0.1, 0.15) is 5.54 Å². The predicted octanol–water partition coefficient (Wildman–Crippen LogP) is 4.88. The number of hydrogen-bond acceptors (Lipinski definition) is 4. The third kappa shape index (κ3) is 2.53. The van der Waals surface area contributed by atoms with E-state index in [0.717, 1.165) is 6.42 Å². The van der Waals surface area contributed by atoms with E-state index in [4.69, 9.17) is 9.73 Å². The van der Waals surface area contributed by atoms with Crippen LogP contribution in [0.15, 0.2) is 35.3 Å². The van der Waals surface area contributed by atoms with Gasteiger partial charge in [-0.1, -0.05) is 54.9 Å². The number of ether oxygens (including phenoxy) is 1. The molecule has 1 spiro atoms. The van der Waals surface area contributed by atoms with E-state index >= 15 is 0 Å². The Morgan fingerprint density at radius 3 is 2.73 bits per heavy atom. The lowest BCUT2D eigenvalue weighted by Crippen LogP contribution is -2.40. The summed E-state index contributed by atoms with van der Waals surface area (Å²) in [4.78, 5) is 5.04. The van der Waals surface area contributed by atoms with Crippen molar-refractivity contribution in [3.63, 3.8) is 0 Å². The second kappa shape index (κ2) is 5.57. The summed E-state index contributed by atoms with van der Waals surface area (Å²) < 4.78 is 6.41. The number of rotatable bonds is 2. The summed E-state index contributed by atoms with van der Waals surface area (Å²) in [6.07, 6.45) is 6.58. The Labute approximate surface area is 141 Å². The zero-order chi connectivity index (χ0) is 15.2. The third-order valence-corrected chi connectivity index (χ3v) is 8.48. The minimum atomic E-state index is -0.198. The number of benzene rings is 1. The standard InChI is InChI=1S/C18H23NOS2/c1-17(2)18(20-14-10-6-7-11-15(14)21-18)22-16(19-17)12-13-8-4-3-5-9-13/h3-5,8-9,14-15H,6-7,10-12H2,1-2H3/t14-,15-,18-/m0/s1. The number of fused-ring (bicyclic) bond motifs is 1. The van der Waals surface area contributed by atoms with Gasteiger partial charge in [0.15, 0.2) is 4.27 Å². The van der Waals surface area contributed by atoms with Gasteiger partial charge >= 0.3 is 0 Å². The zero-order valence-electron chi connectivity index (χ0n) is 13.2. The van der Waals surface area contributed by atoms with Crippen LogP contribution in [0.5, 0.6) is 0 Å². The molecule has 22 heavy (non-hydrogen) atoms. The molecule has 2 aliphatic heterocycles. The Balaban J connectivity index is 1.54. The molecule has 0 amide bonds. The van der Waals surface area contributed by atoms with E-state index in [1.165, 1.54) is 36.3 Å². The van der Waals surface area contributed by atoms with Gasteiger partial charge in [-0.3, -0.25) is 4.99 Å². The molecule has 0 N–H and O–H groups in total. The smallest absolute Gasteiger partial charge is 0.191 e. The van der Waals surface area contributed by atoms with Crippen molar-refractivity contribution in [2.45, 2.75) is 67.1 Å². The van der Waals surface area contributed by atoms with E-state index in [-0.39, 0.29) is 9.80 Å². The molecule has 0 radical (unpaired) electrons. The third-order valence-electron chi connectivity index (χ3n) is 4.86. The monoisotopic (exact) mass is 333 g/mol. The Bertz CT molecular complexity index is 570. The molecule has 1 aromatic rings. The predicted molar refractivity (Wildman–Crippen MR) is 96.7 cm³/mol. The molecule has 4 rings (SSSR count). The molecule has 2 fully saturated rings. The molecule has 2 heterocycles. The lowest BCUT2D eigenvalue weighted by molar-refractivity contribution is -0.00575. The number of hydrogen-bond donors (Lipinski definition) is 0. The van der Waals surface area contributed by atoms with Crippen molar-refractivity contribution in [2.24, 2.45) is 4.99 Å². The molecule has 118 valence electrons. The number of thioether (sulfide) groups is 2. The highest BCUT2D eigenvalue weighted by atomic mass is 32.2. The van der Waals surface area contributed by atoms with Crippen molar-refractivity contribution < 1.29 is 4.74 Å². The minimum absolute atomic E-state index is 0.149. The first kappa shape index (κ1) is 15.1. The minimum Gasteiger partial charge on any atom is -0.348 e. The molecule has 1 aliphatic carbocycles. The van der Waals surface area contributed by atoms with Gasteiger partial charge in [-0.2, -0.15) is 0 Å². The van der Waals surface area contributed by atoms with Gasteiger partial charge in [0, 0.05) is 11.7 Å². The summed E-state index contributed by atoms with van der Waals surface area (Å²) in [6.45, 7) is 4.48. The van der Waals surface area contributed by atoms with Crippen molar-refractivity contribution in [2.75, 3.05) is 0 Å². The molecule has 0 bridgehead atoms. The molecular weight excluding hydrogens is 310 g/mol. The van der Waals surface area contributed by atoms with Gasteiger partial charge < -0.3 is 4.74 Å². The molecule has 1 aromatic carbocycles. The molecular formula is C18H23NOS2. The molecule has 4 heteroatoms. The van der Waals surface area contributed by atoms with Gasteiger partial charge in [-0.15, -0.1) is 11.8 Å². The fraction of sp³-hybridized carbons (Fsp3) is 0.611. The quantitative estimate of drug-likeness (QED) is 0.770. The topological polar surface area (TPSA) is 21.6 Å². The van der Waals surface area contributed by atoms with E-state index < -0.39 is 0 Å². The summed E-state index contributed by atoms with van der Waals surface area (Å²) in [5, 5.41) is 1.90. The van der Waals surface area contributed by atoms with Crippen LogP contribution in [-0.2, 0) is 11.2 Å². The van der Waals surface area contributed by atoms with Gasteiger partial charge in [0.05, 0.1) is 11.1 Å². The summed E-state index contributed by atoms with van der Waals surface area (Å²) in [5.41, 5.74) is 1.19. The van der Waals surface area contributed by atoms with Crippen LogP contribution >= 0.6 is 23.5 Å². The first-order valence-corrected chi connectivity index (χ1v) is 9.95. The molecule has 1 saturated heterocycles. The second-order valence-electron chi connectivity index (χ2n) is 6.98. The highest BCUT2D eigenvalue weighted by molar-refractivity contribution is 8.26. The fourth-order valence-electron chi connectivity index (χ4n) is 3.62. The average molecular weight is 334 g/mol. The normalized spacial score (nSPS) is 36.4. The van der Waals surface area contributed by atoms with Gasteiger partial charge in [0.25, 0.3) is 0 Å². The van der Waals surface area contributed by atoms with Crippen LogP contribution in [0.2, 0.25) is 0 Å². The van der Waals surface area contributed by atoms with E-state index in [9.17, 15) is 0 Å². The average Bonchev–Trinajstić information content (AvgIpc) is 2.97. The van der Waals surface area contributed by atoms with Crippen LogP contribution in [0.4, 0.5) is 0 Å². The zero-order valence-corrected chi connectivity index (χ0v) is 14.9. The van der Waals surface area contributed by atoms with Crippen LogP contribution in [0.25, 0.3) is 0 Å². The van der Waals surface area contributed by atoms with Crippen LogP contribution in [-0.4, -0.2) is 26.2 Å². The molecule has 0 unspecified atom stereocenters. The van der Waals surface area contributed by atoms with Crippen molar-refractivity contribution in [3.05, 3.63) is 35.9 Å². The van der Waals surface area contributed by atoms with E-state index in [2.05, 4.69) is 55.9 Å². The lowest BCUT2D eigenvalue weighted by atomic mass is 9.97. The van der Waals surface area contributed by atoms with Crippen molar-refractivity contribution in [1.82, 2.24) is 0 Å². The molecule has 3 atom stereocenters. The van der Waals surface area contributed by atoms with Crippen LogP contribution in [0.1, 0.15) is 45.1 Å². The van der Waals surface area contributed by atoms with E-state index in [0.29, 0.717) is 11.4 Å². The summed E-state index contributed by atoms with van der Waals surface area (Å²) >= 11 is 3.93. The summed E-state index contributed by atoms with van der Waals surface area (Å²) in [5.74, 6) is 0. The maximum Gasteiger partial charge on any atom is 0.191 e. The van der Waals surface area contributed by atoms with Crippen LogP contribution in [0, 0.1) is 0 Å². The number of aliphatic imine (C=N–C) groups is 1. The van der Waals surface area contributed by atoms with Crippen LogP contribution < -0.4 is 0 Å². The number of nitrogens with zero attached hydrogens (tertiary/aromatic N) is 1. The molecule has 3 aliphatic rings. The maximum atomic E-state index is 6.61. The first-order valence-electron chi connectivity index (χ1n) is 8.25. The van der Waals surface area contributed by atoms with Crippen molar-refractivity contribution >= 4 is 28.6 Å². The molecule has 0 aromatic heterocycles. The SMILES string of the molecule is CC1(C)N=C(Cc2ccccc2)S[C@]12O[C@H]1CCCC[C@@H]1S2. The first-order chi connectivity index (χ1) is 10.6. The van der Waals surface area contributed by atoms with Crippen LogP contribution in [0.3, 0.4) is 0 Å². The van der Waals surface area contributed by atoms with Gasteiger partial charge in [0.2, 0.25) is 0 Å². The lowest BCUT2D eigenvalue weighted by Gasteiger charge is -2.33. The fourth-order valence-corrected chi connectivity index (χ4v) is 7.31. The van der Waals surface area contributed by atoms with E-state index in [1.54, 1.807) is 0 Å². The highest BCUT2D eigenvalue weighted by Crippen LogP contribution is 2.62. The maximum absolute atomic E-state index is 6.61. The van der Waals surface area contributed by atoms with Gasteiger partial charge in [-0.05, 0) is 32.3 Å². The Kier molecular flexibility index (Phi) is 3.82. The Morgan fingerprint density at radius 2 is 1.95 bits per heavy atom. The second-order valence-corrected chi connectivity index (χ2v) is 9.91. The molecule has 1 saturated carbocycles. The highest BCUT2D eigenvalue weighted by Gasteiger charge is 2.60. The Hall–Kier alpha value is -0.450. The van der Waals surface area contributed by atoms with Gasteiger partial charge in [-0.25, -0.2) is 0 Å². The summed E-state index contributed by atoms with van der Waals surface area (Å²) in [7, 11) is 0. The summed E-state index contributed by atoms with van der Waals surface area (Å²) in [6, 6.07) is 10.6. The Morgan fingerprint density at radius 1 is 1.18 bits per heavy atom. The molecule has 2 nitrogen and oxygen atoms in total.